The molecule has 3 rings (SSSR count). The number of carbonyl (C=O) groups excluding carboxylic acids is 1. The minimum absolute atomic E-state index is 0.0707. The second kappa shape index (κ2) is 5.62. The average Bonchev–Trinajstić information content (AvgIpc) is 3.14. The topological polar surface area (TPSA) is 84.5 Å². The van der Waals surface area contributed by atoms with Crippen LogP contribution >= 0.6 is 11.3 Å². The lowest BCUT2D eigenvalue weighted by Crippen LogP contribution is -2.11. The van der Waals surface area contributed by atoms with Crippen LogP contribution < -0.4 is 10.0 Å². The van der Waals surface area contributed by atoms with E-state index in [0.717, 1.165) is 30.0 Å². The Labute approximate surface area is 132 Å². The van der Waals surface area contributed by atoms with Crippen molar-refractivity contribution in [3.05, 3.63) is 40.8 Å². The van der Waals surface area contributed by atoms with Crippen LogP contribution in [0.5, 0.6) is 0 Å². The van der Waals surface area contributed by atoms with Gasteiger partial charge in [-0.15, -0.1) is 11.3 Å². The predicted molar refractivity (Wildman–Crippen MR) is 85.1 cm³/mol. The number of esters is 1. The van der Waals surface area contributed by atoms with Crippen LogP contribution in [0.4, 0.5) is 11.4 Å². The van der Waals surface area contributed by atoms with Gasteiger partial charge < -0.3 is 10.1 Å². The van der Waals surface area contributed by atoms with Gasteiger partial charge in [0, 0.05) is 12.2 Å². The average molecular weight is 338 g/mol. The van der Waals surface area contributed by atoms with Crippen molar-refractivity contribution in [3.63, 3.8) is 0 Å². The minimum atomic E-state index is -3.72. The Kier molecular flexibility index (Phi) is 3.79. The van der Waals surface area contributed by atoms with E-state index < -0.39 is 16.0 Å². The van der Waals surface area contributed by atoms with E-state index in [1.54, 1.807) is 12.1 Å². The molecule has 1 aromatic heterocycles. The molecule has 6 nitrogen and oxygen atoms in total. The molecule has 0 spiro atoms. The molecule has 0 amide bonds. The van der Waals surface area contributed by atoms with E-state index in [1.807, 2.05) is 6.07 Å². The summed E-state index contributed by atoms with van der Waals surface area (Å²) in [6, 6.07) is 8.24. The molecular formula is C14H14N2O4S2. The van der Waals surface area contributed by atoms with Gasteiger partial charge in [0.2, 0.25) is 0 Å². The molecule has 0 bridgehead atoms. The number of benzene rings is 1. The van der Waals surface area contributed by atoms with E-state index in [9.17, 15) is 13.2 Å². The van der Waals surface area contributed by atoms with Crippen LogP contribution in [0.25, 0.3) is 0 Å². The number of rotatable bonds is 4. The second-order valence-electron chi connectivity index (χ2n) is 4.76. The SMILES string of the molecule is COC(=O)c1ccc(S(=O)(=O)Nc2ccc3c(c2)NCC3)s1. The molecule has 1 aliphatic heterocycles. The third-order valence-electron chi connectivity index (χ3n) is 3.30. The van der Waals surface area contributed by atoms with Gasteiger partial charge in [-0.1, -0.05) is 6.07 Å². The highest BCUT2D eigenvalue weighted by atomic mass is 32.2. The van der Waals surface area contributed by atoms with Crippen LogP contribution in [0.3, 0.4) is 0 Å². The van der Waals surface area contributed by atoms with Gasteiger partial charge in [-0.05, 0) is 36.2 Å². The molecular weight excluding hydrogens is 324 g/mol. The fourth-order valence-electron chi connectivity index (χ4n) is 2.23. The number of sulfonamides is 1. The summed E-state index contributed by atoms with van der Waals surface area (Å²) < 4.78 is 31.9. The van der Waals surface area contributed by atoms with Gasteiger partial charge in [0.1, 0.15) is 9.09 Å². The zero-order valence-corrected chi connectivity index (χ0v) is 13.4. The molecule has 0 fully saturated rings. The second-order valence-corrected chi connectivity index (χ2v) is 7.76. The largest absolute Gasteiger partial charge is 0.465 e. The lowest BCUT2D eigenvalue weighted by molar-refractivity contribution is 0.0606. The normalized spacial score (nSPS) is 13.3. The molecule has 22 heavy (non-hydrogen) atoms. The predicted octanol–water partition coefficient (Wildman–Crippen LogP) is 2.30. The van der Waals surface area contributed by atoms with E-state index in [-0.39, 0.29) is 9.09 Å². The molecule has 8 heteroatoms. The number of hydrogen-bond acceptors (Lipinski definition) is 6. The molecule has 0 saturated carbocycles. The van der Waals surface area contributed by atoms with Crippen molar-refractivity contribution in [1.82, 2.24) is 0 Å². The first-order valence-corrected chi connectivity index (χ1v) is 8.87. The van der Waals surface area contributed by atoms with Crippen LogP contribution in [-0.2, 0) is 21.2 Å². The first-order valence-electron chi connectivity index (χ1n) is 6.57. The standard InChI is InChI=1S/C14H14N2O4S2/c1-20-14(17)12-4-5-13(21-12)22(18,19)16-10-3-2-9-6-7-15-11(9)8-10/h2-5,8,15-16H,6-7H2,1H3. The summed E-state index contributed by atoms with van der Waals surface area (Å²) in [4.78, 5) is 11.7. The molecule has 116 valence electrons. The van der Waals surface area contributed by atoms with Crippen molar-refractivity contribution < 1.29 is 17.9 Å². The first-order chi connectivity index (χ1) is 10.5. The highest BCUT2D eigenvalue weighted by Gasteiger charge is 2.20. The third-order valence-corrected chi connectivity index (χ3v) is 6.24. The van der Waals surface area contributed by atoms with Crippen molar-refractivity contribution in [3.8, 4) is 0 Å². The Morgan fingerprint density at radius 2 is 2.14 bits per heavy atom. The number of anilines is 2. The van der Waals surface area contributed by atoms with Crippen LogP contribution in [0.1, 0.15) is 15.2 Å². The Bertz CT molecular complexity index is 827. The van der Waals surface area contributed by atoms with Gasteiger partial charge in [-0.25, -0.2) is 13.2 Å². The van der Waals surface area contributed by atoms with Crippen molar-refractivity contribution in [1.29, 1.82) is 0 Å². The number of methoxy groups -OCH3 is 1. The first kappa shape index (κ1) is 14.9. The number of fused-ring (bicyclic) bond motifs is 1. The van der Waals surface area contributed by atoms with Crippen molar-refractivity contribution >= 4 is 38.7 Å². The monoisotopic (exact) mass is 338 g/mol. The minimum Gasteiger partial charge on any atom is -0.465 e. The number of ether oxygens (including phenoxy) is 1. The molecule has 0 aliphatic carbocycles. The van der Waals surface area contributed by atoms with Gasteiger partial charge in [0.05, 0.1) is 12.8 Å². The quantitative estimate of drug-likeness (QED) is 0.836. The Morgan fingerprint density at radius 1 is 1.32 bits per heavy atom. The van der Waals surface area contributed by atoms with Crippen LogP contribution in [0.2, 0.25) is 0 Å². The van der Waals surface area contributed by atoms with Gasteiger partial charge in [-0.3, -0.25) is 4.72 Å². The lowest BCUT2D eigenvalue weighted by Gasteiger charge is -2.08. The van der Waals surface area contributed by atoms with E-state index in [1.165, 1.54) is 24.8 Å². The molecule has 0 saturated heterocycles. The Balaban J connectivity index is 1.84. The Morgan fingerprint density at radius 3 is 2.91 bits per heavy atom. The zero-order chi connectivity index (χ0) is 15.7. The van der Waals surface area contributed by atoms with E-state index in [0.29, 0.717) is 5.69 Å². The molecule has 0 unspecified atom stereocenters. The van der Waals surface area contributed by atoms with E-state index >= 15 is 0 Å². The summed E-state index contributed by atoms with van der Waals surface area (Å²) >= 11 is 0.877. The number of thiophene rings is 1. The zero-order valence-electron chi connectivity index (χ0n) is 11.8. The molecule has 2 aromatic rings. The third kappa shape index (κ3) is 2.79. The summed E-state index contributed by atoms with van der Waals surface area (Å²) in [5.74, 6) is -0.548. The Hall–Kier alpha value is -2.06. The van der Waals surface area contributed by atoms with Gasteiger partial charge >= 0.3 is 5.97 Å². The fourth-order valence-corrected chi connectivity index (χ4v) is 4.51. The van der Waals surface area contributed by atoms with E-state index in [4.69, 9.17) is 0 Å². The maximum Gasteiger partial charge on any atom is 0.348 e. The summed E-state index contributed by atoms with van der Waals surface area (Å²) in [5, 5.41) is 3.20. The van der Waals surface area contributed by atoms with Crippen molar-refractivity contribution in [2.45, 2.75) is 10.6 Å². The summed E-state index contributed by atoms with van der Waals surface area (Å²) in [6.45, 7) is 0.860. The van der Waals surface area contributed by atoms with Gasteiger partial charge in [-0.2, -0.15) is 0 Å². The summed E-state index contributed by atoms with van der Waals surface area (Å²) in [7, 11) is -2.46. The summed E-state index contributed by atoms with van der Waals surface area (Å²) in [6.07, 6.45) is 0.940. The molecule has 0 radical (unpaired) electrons. The number of nitrogens with one attached hydrogen (secondary N) is 2. The maximum absolute atomic E-state index is 12.4. The van der Waals surface area contributed by atoms with Gasteiger partial charge in [0.15, 0.2) is 0 Å². The van der Waals surface area contributed by atoms with E-state index in [2.05, 4.69) is 14.8 Å². The summed E-state index contributed by atoms with van der Waals surface area (Å²) in [5.41, 5.74) is 2.61. The van der Waals surface area contributed by atoms with Crippen LogP contribution in [0, 0.1) is 0 Å². The number of hydrogen-bond donors (Lipinski definition) is 2. The molecule has 0 atom stereocenters. The van der Waals surface area contributed by atoms with Crippen molar-refractivity contribution in [2.75, 3.05) is 23.7 Å². The highest BCUT2D eigenvalue weighted by Crippen LogP contribution is 2.28. The maximum atomic E-state index is 12.4. The highest BCUT2D eigenvalue weighted by molar-refractivity contribution is 7.94. The van der Waals surface area contributed by atoms with Crippen LogP contribution in [-0.4, -0.2) is 28.0 Å². The lowest BCUT2D eigenvalue weighted by atomic mass is 10.1. The molecule has 1 aliphatic rings. The smallest absolute Gasteiger partial charge is 0.348 e. The van der Waals surface area contributed by atoms with Crippen molar-refractivity contribution in [2.24, 2.45) is 0 Å². The molecule has 2 N–H and O–H groups in total. The fraction of sp³-hybridized carbons (Fsp3) is 0.214. The van der Waals surface area contributed by atoms with Gasteiger partial charge in [0.25, 0.3) is 10.0 Å². The molecule has 2 heterocycles. The number of carbonyl (C=O) groups is 1. The molecule has 1 aromatic carbocycles. The van der Waals surface area contributed by atoms with Crippen LogP contribution in [0.15, 0.2) is 34.5 Å².